The smallest absolute Gasteiger partial charge is 0.0139 e. The molecule has 0 N–H and O–H groups in total. The van der Waals surface area contributed by atoms with Gasteiger partial charge in [0.05, 0.1) is 0 Å². The van der Waals surface area contributed by atoms with Crippen LogP contribution < -0.4 is 0 Å². The lowest BCUT2D eigenvalue weighted by Crippen LogP contribution is -2.23. The maximum Gasteiger partial charge on any atom is -0.0139 e. The highest BCUT2D eigenvalue weighted by Crippen LogP contribution is 2.43. The minimum Gasteiger partial charge on any atom is -0.0727 e. The molecule has 0 aromatic carbocycles. The van der Waals surface area contributed by atoms with E-state index in [0.717, 1.165) is 17.8 Å². The van der Waals surface area contributed by atoms with Crippen molar-refractivity contribution in [3.63, 3.8) is 0 Å². The lowest BCUT2D eigenvalue weighted by molar-refractivity contribution is 0.349. The Kier molecular flexibility index (Phi) is 3.04. The van der Waals surface area contributed by atoms with Gasteiger partial charge < -0.3 is 0 Å². The first-order chi connectivity index (χ1) is 7.09. The van der Waals surface area contributed by atoms with E-state index in [0.29, 0.717) is 0 Å². The van der Waals surface area contributed by atoms with Crippen molar-refractivity contribution in [2.24, 2.45) is 17.8 Å². The SMILES string of the molecule is CC1=CC2=C(CC1)[C@@H](C)CCC2C(C)C. The highest BCUT2D eigenvalue weighted by Gasteiger charge is 2.29. The summed E-state index contributed by atoms with van der Waals surface area (Å²) in [5.41, 5.74) is 5.09. The Hall–Kier alpha value is -0.520. The number of rotatable bonds is 1. The molecule has 15 heavy (non-hydrogen) atoms. The highest BCUT2D eigenvalue weighted by molar-refractivity contribution is 5.37. The van der Waals surface area contributed by atoms with Gasteiger partial charge in [-0.2, -0.15) is 0 Å². The van der Waals surface area contributed by atoms with Gasteiger partial charge in [-0.25, -0.2) is 0 Å². The van der Waals surface area contributed by atoms with E-state index in [1.807, 2.05) is 0 Å². The van der Waals surface area contributed by atoms with Gasteiger partial charge in [0.1, 0.15) is 0 Å². The molecule has 0 amide bonds. The predicted molar refractivity (Wildman–Crippen MR) is 66.7 cm³/mol. The maximum absolute atomic E-state index is 2.50. The van der Waals surface area contributed by atoms with Crippen molar-refractivity contribution < 1.29 is 0 Å². The largest absolute Gasteiger partial charge is 0.0727 e. The minimum absolute atomic E-state index is 0.810. The molecule has 0 spiro atoms. The lowest BCUT2D eigenvalue weighted by Gasteiger charge is -2.36. The van der Waals surface area contributed by atoms with Crippen LogP contribution in [0.4, 0.5) is 0 Å². The van der Waals surface area contributed by atoms with E-state index in [2.05, 4.69) is 33.8 Å². The molecular formula is C15H24. The molecule has 2 rings (SSSR count). The lowest BCUT2D eigenvalue weighted by atomic mass is 9.69. The number of hydrogen-bond acceptors (Lipinski definition) is 0. The van der Waals surface area contributed by atoms with Crippen LogP contribution in [0.2, 0.25) is 0 Å². The molecule has 2 aliphatic carbocycles. The molecule has 0 aromatic rings. The van der Waals surface area contributed by atoms with Crippen LogP contribution in [0.3, 0.4) is 0 Å². The molecule has 0 saturated heterocycles. The summed E-state index contributed by atoms with van der Waals surface area (Å²) >= 11 is 0. The molecule has 2 aliphatic rings. The van der Waals surface area contributed by atoms with E-state index in [9.17, 15) is 0 Å². The van der Waals surface area contributed by atoms with E-state index in [4.69, 9.17) is 0 Å². The molecule has 1 unspecified atom stereocenters. The fourth-order valence-corrected chi connectivity index (χ4v) is 3.23. The van der Waals surface area contributed by atoms with E-state index in [1.54, 1.807) is 16.7 Å². The highest BCUT2D eigenvalue weighted by atomic mass is 14.3. The quantitative estimate of drug-likeness (QED) is 0.579. The molecule has 0 bridgehead atoms. The fourth-order valence-electron chi connectivity index (χ4n) is 3.23. The molecule has 0 nitrogen and oxygen atoms in total. The van der Waals surface area contributed by atoms with Gasteiger partial charge in [0.2, 0.25) is 0 Å². The van der Waals surface area contributed by atoms with Gasteiger partial charge in [-0.1, -0.05) is 38.0 Å². The second-order valence-corrected chi connectivity index (χ2v) is 5.80. The second-order valence-electron chi connectivity index (χ2n) is 5.80. The summed E-state index contributed by atoms with van der Waals surface area (Å²) in [6.07, 6.45) is 7.95. The first-order valence-electron chi connectivity index (χ1n) is 6.49. The van der Waals surface area contributed by atoms with Crippen molar-refractivity contribution in [2.45, 2.75) is 53.4 Å². The van der Waals surface area contributed by atoms with Gasteiger partial charge in [0, 0.05) is 0 Å². The van der Waals surface area contributed by atoms with E-state index in [1.165, 1.54) is 25.7 Å². The van der Waals surface area contributed by atoms with Crippen LogP contribution >= 0.6 is 0 Å². The number of hydrogen-bond donors (Lipinski definition) is 0. The third-order valence-corrected chi connectivity index (χ3v) is 4.27. The van der Waals surface area contributed by atoms with Crippen LogP contribution in [-0.2, 0) is 0 Å². The Bertz CT molecular complexity index is 304. The van der Waals surface area contributed by atoms with Crippen molar-refractivity contribution in [1.29, 1.82) is 0 Å². The van der Waals surface area contributed by atoms with Crippen LogP contribution in [0.15, 0.2) is 22.8 Å². The van der Waals surface area contributed by atoms with Crippen LogP contribution in [0.1, 0.15) is 53.4 Å². The van der Waals surface area contributed by atoms with E-state index >= 15 is 0 Å². The topological polar surface area (TPSA) is 0 Å². The van der Waals surface area contributed by atoms with Gasteiger partial charge >= 0.3 is 0 Å². The molecule has 0 radical (unpaired) electrons. The summed E-state index contributed by atoms with van der Waals surface area (Å²) in [4.78, 5) is 0. The minimum atomic E-state index is 0.810. The molecule has 0 aromatic heterocycles. The average Bonchev–Trinajstić information content (AvgIpc) is 2.17. The summed E-state index contributed by atoms with van der Waals surface area (Å²) in [7, 11) is 0. The third kappa shape index (κ3) is 2.04. The molecule has 0 aliphatic heterocycles. The fraction of sp³-hybridized carbons (Fsp3) is 0.733. The Morgan fingerprint density at radius 3 is 2.60 bits per heavy atom. The second kappa shape index (κ2) is 4.15. The monoisotopic (exact) mass is 204 g/mol. The van der Waals surface area contributed by atoms with Crippen molar-refractivity contribution in [2.75, 3.05) is 0 Å². The zero-order valence-corrected chi connectivity index (χ0v) is 10.6. The van der Waals surface area contributed by atoms with E-state index < -0.39 is 0 Å². The van der Waals surface area contributed by atoms with Crippen LogP contribution in [0.5, 0.6) is 0 Å². The van der Waals surface area contributed by atoms with Crippen LogP contribution in [0.25, 0.3) is 0 Å². The first-order valence-corrected chi connectivity index (χ1v) is 6.49. The summed E-state index contributed by atoms with van der Waals surface area (Å²) in [5, 5.41) is 0. The van der Waals surface area contributed by atoms with Gasteiger partial charge in [-0.15, -0.1) is 0 Å². The normalized spacial score (nSPS) is 31.7. The Morgan fingerprint density at radius 1 is 1.20 bits per heavy atom. The van der Waals surface area contributed by atoms with Crippen LogP contribution in [0, 0.1) is 17.8 Å². The molecule has 84 valence electrons. The number of allylic oxidation sites excluding steroid dienone is 4. The Labute approximate surface area is 94.5 Å². The van der Waals surface area contributed by atoms with Gasteiger partial charge in [0.15, 0.2) is 0 Å². The molecule has 2 atom stereocenters. The standard InChI is InChI=1S/C15H24/c1-10(2)13-8-6-12(4)14-7-5-11(3)9-15(13)14/h9-10,12-13H,5-8H2,1-4H3/t12-,13?/m0/s1. The molecule has 0 saturated carbocycles. The first kappa shape index (κ1) is 11.0. The molecule has 0 fully saturated rings. The maximum atomic E-state index is 2.50. The van der Waals surface area contributed by atoms with Crippen molar-refractivity contribution in [3.8, 4) is 0 Å². The Balaban J connectivity index is 2.36. The summed E-state index contributed by atoms with van der Waals surface area (Å²) < 4.78 is 0. The zero-order valence-electron chi connectivity index (χ0n) is 10.6. The van der Waals surface area contributed by atoms with Gasteiger partial charge in [0.25, 0.3) is 0 Å². The predicted octanol–water partition coefficient (Wildman–Crippen LogP) is 4.73. The molecule has 0 heterocycles. The van der Waals surface area contributed by atoms with Crippen molar-refractivity contribution >= 4 is 0 Å². The van der Waals surface area contributed by atoms with Crippen molar-refractivity contribution in [3.05, 3.63) is 22.8 Å². The summed E-state index contributed by atoms with van der Waals surface area (Å²) in [5.74, 6) is 2.50. The summed E-state index contributed by atoms with van der Waals surface area (Å²) in [6.45, 7) is 9.47. The van der Waals surface area contributed by atoms with Gasteiger partial charge in [-0.05, 0) is 55.9 Å². The average molecular weight is 204 g/mol. The Morgan fingerprint density at radius 2 is 1.93 bits per heavy atom. The van der Waals surface area contributed by atoms with Crippen molar-refractivity contribution in [1.82, 2.24) is 0 Å². The zero-order chi connectivity index (χ0) is 11.0. The third-order valence-electron chi connectivity index (χ3n) is 4.27. The molecular weight excluding hydrogens is 180 g/mol. The summed E-state index contributed by atoms with van der Waals surface area (Å²) in [6, 6.07) is 0. The van der Waals surface area contributed by atoms with E-state index in [-0.39, 0.29) is 0 Å². The molecule has 0 heteroatoms. The van der Waals surface area contributed by atoms with Gasteiger partial charge in [-0.3, -0.25) is 0 Å². The van der Waals surface area contributed by atoms with Crippen LogP contribution in [-0.4, -0.2) is 0 Å².